The molecular weight excluding hydrogens is 460 g/mol. The summed E-state index contributed by atoms with van der Waals surface area (Å²) in [4.78, 5) is 30.3. The van der Waals surface area contributed by atoms with Crippen molar-refractivity contribution >= 4 is 33.3 Å². The van der Waals surface area contributed by atoms with Gasteiger partial charge >= 0.3 is 0 Å². The fourth-order valence-corrected chi connectivity index (χ4v) is 6.69. The predicted octanol–water partition coefficient (Wildman–Crippen LogP) is 5.02. The summed E-state index contributed by atoms with van der Waals surface area (Å²) in [7, 11) is 0. The molecular formula is C27H32N4O3S. The Balaban J connectivity index is 1.27. The van der Waals surface area contributed by atoms with Crippen LogP contribution >= 0.6 is 11.3 Å². The number of anilines is 1. The predicted molar refractivity (Wildman–Crippen MR) is 138 cm³/mol. The zero-order valence-corrected chi connectivity index (χ0v) is 21.5. The Morgan fingerprint density at radius 1 is 1.17 bits per heavy atom. The minimum absolute atomic E-state index is 0.0398. The van der Waals surface area contributed by atoms with Crippen LogP contribution in [0.3, 0.4) is 0 Å². The van der Waals surface area contributed by atoms with Gasteiger partial charge < -0.3 is 19.3 Å². The van der Waals surface area contributed by atoms with E-state index in [2.05, 4.69) is 25.7 Å². The molecule has 2 aromatic heterocycles. The topological polar surface area (TPSA) is 67.8 Å². The second kappa shape index (κ2) is 8.97. The van der Waals surface area contributed by atoms with Gasteiger partial charge in [0.15, 0.2) is 11.5 Å². The molecule has 6 rings (SSSR count). The molecule has 8 heteroatoms. The summed E-state index contributed by atoms with van der Waals surface area (Å²) in [5, 5.41) is 1.26. The van der Waals surface area contributed by atoms with Gasteiger partial charge in [-0.15, -0.1) is 11.3 Å². The number of piperazine rings is 1. The average molecular weight is 493 g/mol. The lowest BCUT2D eigenvalue weighted by molar-refractivity contribution is 0.0746. The molecule has 7 nitrogen and oxygen atoms in total. The highest BCUT2D eigenvalue weighted by Crippen LogP contribution is 2.42. The molecule has 35 heavy (non-hydrogen) atoms. The highest BCUT2D eigenvalue weighted by molar-refractivity contribution is 7.19. The lowest BCUT2D eigenvalue weighted by atomic mass is 9.89. The van der Waals surface area contributed by atoms with E-state index in [1.165, 1.54) is 22.2 Å². The minimum Gasteiger partial charge on any atom is -0.454 e. The second-order valence-electron chi connectivity index (χ2n) is 10.1. The van der Waals surface area contributed by atoms with Crippen LogP contribution in [0, 0.1) is 5.92 Å². The third kappa shape index (κ3) is 4.01. The van der Waals surface area contributed by atoms with Crippen molar-refractivity contribution in [1.29, 1.82) is 0 Å². The van der Waals surface area contributed by atoms with Gasteiger partial charge in [0.1, 0.15) is 16.5 Å². The molecule has 184 valence electrons. The number of carbonyl (C=O) groups excluding carboxylic acids is 1. The number of nitrogens with zero attached hydrogens (tertiary/aromatic N) is 4. The molecule has 2 aliphatic heterocycles. The van der Waals surface area contributed by atoms with Crippen LogP contribution in [-0.2, 0) is 12.8 Å². The van der Waals surface area contributed by atoms with Crippen LogP contribution in [0.15, 0.2) is 18.2 Å². The Bertz CT molecular complexity index is 1280. The molecule has 0 radical (unpaired) electrons. The Labute approximate surface area is 210 Å². The van der Waals surface area contributed by atoms with Crippen molar-refractivity contribution in [2.24, 2.45) is 5.92 Å². The number of carbonyl (C=O) groups is 1. The molecule has 3 aliphatic rings. The van der Waals surface area contributed by atoms with Gasteiger partial charge in [0.2, 0.25) is 6.79 Å². The second-order valence-corrected chi connectivity index (χ2v) is 11.2. The van der Waals surface area contributed by atoms with Crippen molar-refractivity contribution in [2.45, 2.75) is 52.4 Å². The lowest BCUT2D eigenvalue weighted by Gasteiger charge is -2.36. The average Bonchev–Trinajstić information content (AvgIpc) is 3.50. The smallest absolute Gasteiger partial charge is 0.254 e. The maximum atomic E-state index is 13.2. The van der Waals surface area contributed by atoms with E-state index in [9.17, 15) is 4.79 Å². The van der Waals surface area contributed by atoms with Crippen LogP contribution in [0.1, 0.15) is 66.2 Å². The molecule has 0 bridgehead atoms. The summed E-state index contributed by atoms with van der Waals surface area (Å²) in [5.74, 6) is 4.46. The highest BCUT2D eigenvalue weighted by atomic mass is 32.1. The number of ether oxygens (including phenoxy) is 2. The van der Waals surface area contributed by atoms with Crippen LogP contribution in [0.4, 0.5) is 5.82 Å². The third-order valence-electron chi connectivity index (χ3n) is 7.69. The number of aryl methyl sites for hydroxylation is 1. The van der Waals surface area contributed by atoms with Gasteiger partial charge in [-0.3, -0.25) is 4.79 Å². The molecule has 1 aromatic carbocycles. The third-order valence-corrected chi connectivity index (χ3v) is 8.84. The van der Waals surface area contributed by atoms with Crippen molar-refractivity contribution < 1.29 is 14.3 Å². The van der Waals surface area contributed by atoms with Gasteiger partial charge in [0, 0.05) is 42.5 Å². The Morgan fingerprint density at radius 3 is 2.77 bits per heavy atom. The Hall–Kier alpha value is -2.87. The molecule has 0 N–H and O–H groups in total. The molecule has 3 aromatic rings. The first-order chi connectivity index (χ1) is 17.0. The number of thiophene rings is 1. The van der Waals surface area contributed by atoms with Crippen LogP contribution in [0.2, 0.25) is 0 Å². The lowest BCUT2D eigenvalue weighted by Crippen LogP contribution is -2.49. The first kappa shape index (κ1) is 22.6. The molecule has 1 aliphatic carbocycles. The number of rotatable bonds is 4. The fraction of sp³-hybridized carbons (Fsp3) is 0.519. The largest absolute Gasteiger partial charge is 0.454 e. The standard InChI is InChI=1S/C27H32N4O3S/c1-4-17(3)24-28-25(23-19-7-5-16(2)13-22(19)35-26(23)29-24)30-9-11-31(12-10-30)27(32)18-6-8-20-21(14-18)34-15-33-20/h6,8,14,16-17H,4-5,7,9-13,15H2,1-3H3/t16-,17-/m0/s1. The summed E-state index contributed by atoms with van der Waals surface area (Å²) in [5.41, 5.74) is 2.11. The summed E-state index contributed by atoms with van der Waals surface area (Å²) in [6, 6.07) is 5.44. The minimum atomic E-state index is 0.0398. The van der Waals surface area contributed by atoms with Gasteiger partial charge in [0.25, 0.3) is 5.91 Å². The van der Waals surface area contributed by atoms with E-state index in [1.54, 1.807) is 6.07 Å². The maximum Gasteiger partial charge on any atom is 0.254 e. The van der Waals surface area contributed by atoms with E-state index in [0.717, 1.165) is 54.7 Å². The number of hydrogen-bond acceptors (Lipinski definition) is 7. The zero-order chi connectivity index (χ0) is 24.1. The van der Waals surface area contributed by atoms with Crippen LogP contribution < -0.4 is 14.4 Å². The van der Waals surface area contributed by atoms with Crippen LogP contribution in [0.5, 0.6) is 11.5 Å². The summed E-state index contributed by atoms with van der Waals surface area (Å²) >= 11 is 1.87. The van der Waals surface area contributed by atoms with Crippen LogP contribution in [-0.4, -0.2) is 53.7 Å². The van der Waals surface area contributed by atoms with Crippen molar-refractivity contribution in [3.05, 3.63) is 40.0 Å². The SMILES string of the molecule is CC[C@H](C)c1nc(N2CCN(C(=O)c3ccc4c(c3)OCO4)CC2)c2c3c(sc2n1)C[C@@H](C)CC3. The van der Waals surface area contributed by atoms with E-state index in [4.69, 9.17) is 19.4 Å². The van der Waals surface area contributed by atoms with Crippen molar-refractivity contribution in [3.63, 3.8) is 0 Å². The van der Waals surface area contributed by atoms with E-state index in [0.29, 0.717) is 36.1 Å². The van der Waals surface area contributed by atoms with Crippen LogP contribution in [0.25, 0.3) is 10.2 Å². The number of benzene rings is 1. The first-order valence-electron chi connectivity index (χ1n) is 12.8. The van der Waals surface area contributed by atoms with E-state index >= 15 is 0 Å². The van der Waals surface area contributed by atoms with Crippen molar-refractivity contribution in [1.82, 2.24) is 14.9 Å². The molecule has 4 heterocycles. The molecule has 0 spiro atoms. The summed E-state index contributed by atoms with van der Waals surface area (Å²) in [6.07, 6.45) is 4.50. The van der Waals surface area contributed by atoms with Crippen molar-refractivity contribution in [2.75, 3.05) is 37.9 Å². The first-order valence-corrected chi connectivity index (χ1v) is 13.6. The molecule has 1 saturated heterocycles. The maximum absolute atomic E-state index is 13.2. The zero-order valence-electron chi connectivity index (χ0n) is 20.7. The van der Waals surface area contributed by atoms with E-state index < -0.39 is 0 Å². The number of fused-ring (bicyclic) bond motifs is 4. The normalized spacial score (nSPS) is 20.3. The Morgan fingerprint density at radius 2 is 1.97 bits per heavy atom. The summed E-state index contributed by atoms with van der Waals surface area (Å²) in [6.45, 7) is 9.83. The Kier molecular flexibility index (Phi) is 5.79. The van der Waals surface area contributed by atoms with Gasteiger partial charge in [0.05, 0.1) is 5.39 Å². The summed E-state index contributed by atoms with van der Waals surface area (Å²) < 4.78 is 10.8. The number of aromatic nitrogens is 2. The van der Waals surface area contributed by atoms with Crippen molar-refractivity contribution in [3.8, 4) is 11.5 Å². The molecule has 2 atom stereocenters. The quantitative estimate of drug-likeness (QED) is 0.509. The van der Waals surface area contributed by atoms with Gasteiger partial charge in [-0.25, -0.2) is 9.97 Å². The number of hydrogen-bond donors (Lipinski definition) is 0. The fourth-order valence-electron chi connectivity index (χ4n) is 5.30. The van der Waals surface area contributed by atoms with Gasteiger partial charge in [-0.2, -0.15) is 0 Å². The molecule has 0 unspecified atom stereocenters. The van der Waals surface area contributed by atoms with Gasteiger partial charge in [-0.05, 0) is 55.4 Å². The van der Waals surface area contributed by atoms with Gasteiger partial charge in [-0.1, -0.05) is 20.8 Å². The van der Waals surface area contributed by atoms with E-state index in [1.807, 2.05) is 28.4 Å². The molecule has 0 saturated carbocycles. The molecule has 1 fully saturated rings. The monoisotopic (exact) mass is 492 g/mol. The number of amides is 1. The highest BCUT2D eigenvalue weighted by Gasteiger charge is 2.30. The molecule has 1 amide bonds. The van der Waals surface area contributed by atoms with E-state index in [-0.39, 0.29) is 12.7 Å².